The van der Waals surface area contributed by atoms with Crippen LogP contribution in [-0.2, 0) is 0 Å². The molecule has 0 saturated carbocycles. The maximum atomic E-state index is 3.90. The topological polar surface area (TPSA) is 12.0 Å². The van der Waals surface area contributed by atoms with Crippen LogP contribution in [0.4, 0.5) is 0 Å². The van der Waals surface area contributed by atoms with E-state index in [1.807, 2.05) is 11.3 Å². The molecule has 2 heteroatoms. The average Bonchev–Trinajstić information content (AvgIpc) is 2.64. The Bertz CT molecular complexity index is 264. The highest BCUT2D eigenvalue weighted by atomic mass is 32.1. The monoisotopic (exact) mass is 209 g/mol. The van der Waals surface area contributed by atoms with Crippen molar-refractivity contribution in [3.8, 4) is 0 Å². The van der Waals surface area contributed by atoms with E-state index in [0.717, 1.165) is 19.4 Å². The van der Waals surface area contributed by atoms with E-state index in [0.29, 0.717) is 6.04 Å². The normalized spacial score (nSPS) is 12.7. The molecule has 1 atom stereocenters. The Balaban J connectivity index is 2.36. The summed E-state index contributed by atoms with van der Waals surface area (Å²) in [5.41, 5.74) is 1.25. The summed E-state index contributed by atoms with van der Waals surface area (Å²) in [6, 6.07) is 4.84. The molecule has 14 heavy (non-hydrogen) atoms. The molecule has 1 aromatic heterocycles. The molecule has 0 aromatic carbocycles. The van der Waals surface area contributed by atoms with Crippen LogP contribution in [0, 0.1) is 0 Å². The van der Waals surface area contributed by atoms with Gasteiger partial charge in [0.15, 0.2) is 0 Å². The van der Waals surface area contributed by atoms with Crippen molar-refractivity contribution in [2.75, 3.05) is 6.54 Å². The summed E-state index contributed by atoms with van der Waals surface area (Å²) >= 11 is 1.83. The number of hydrogen-bond acceptors (Lipinski definition) is 2. The van der Waals surface area contributed by atoms with Gasteiger partial charge in [-0.2, -0.15) is 0 Å². The second kappa shape index (κ2) is 5.99. The van der Waals surface area contributed by atoms with Gasteiger partial charge in [0, 0.05) is 10.9 Å². The fourth-order valence-corrected chi connectivity index (χ4v) is 2.28. The first-order chi connectivity index (χ1) is 6.74. The highest BCUT2D eigenvalue weighted by molar-refractivity contribution is 7.10. The number of rotatable bonds is 6. The summed E-state index contributed by atoms with van der Waals surface area (Å²) in [6.45, 7) is 9.23. The van der Waals surface area contributed by atoms with Crippen LogP contribution >= 0.6 is 11.3 Å². The fourth-order valence-electron chi connectivity index (χ4n) is 1.40. The van der Waals surface area contributed by atoms with Crippen molar-refractivity contribution >= 4 is 11.3 Å². The van der Waals surface area contributed by atoms with Crippen LogP contribution in [0.1, 0.15) is 37.6 Å². The molecular weight excluding hydrogens is 190 g/mol. The van der Waals surface area contributed by atoms with Gasteiger partial charge in [-0.15, -0.1) is 17.9 Å². The molecule has 1 nitrogen and oxygen atoms in total. The van der Waals surface area contributed by atoms with Gasteiger partial charge < -0.3 is 5.32 Å². The third-order valence-corrected chi connectivity index (χ3v) is 3.22. The Hall–Kier alpha value is -0.600. The Morgan fingerprint density at radius 3 is 2.93 bits per heavy atom. The summed E-state index contributed by atoms with van der Waals surface area (Å²) < 4.78 is 0. The summed E-state index contributed by atoms with van der Waals surface area (Å²) in [5, 5.41) is 5.69. The van der Waals surface area contributed by atoms with Crippen LogP contribution in [0.3, 0.4) is 0 Å². The molecule has 0 aliphatic rings. The van der Waals surface area contributed by atoms with Crippen molar-refractivity contribution in [2.45, 2.75) is 32.7 Å². The molecule has 1 unspecified atom stereocenters. The van der Waals surface area contributed by atoms with Gasteiger partial charge in [0.05, 0.1) is 0 Å². The van der Waals surface area contributed by atoms with Crippen molar-refractivity contribution in [2.24, 2.45) is 0 Å². The number of thiophene rings is 1. The lowest BCUT2D eigenvalue weighted by molar-refractivity contribution is 0.529. The average molecular weight is 209 g/mol. The summed E-state index contributed by atoms with van der Waals surface area (Å²) in [7, 11) is 0. The molecular formula is C12H19NS. The summed E-state index contributed by atoms with van der Waals surface area (Å²) in [6.07, 6.45) is 2.22. The zero-order valence-electron chi connectivity index (χ0n) is 9.05. The second-order valence-electron chi connectivity index (χ2n) is 3.64. The van der Waals surface area contributed by atoms with Crippen molar-refractivity contribution in [1.82, 2.24) is 5.32 Å². The summed E-state index contributed by atoms with van der Waals surface area (Å²) in [4.78, 5) is 1.44. The maximum Gasteiger partial charge on any atom is 0.0412 e. The molecule has 1 N–H and O–H groups in total. The van der Waals surface area contributed by atoms with Crippen LogP contribution < -0.4 is 5.32 Å². The molecule has 78 valence electrons. The van der Waals surface area contributed by atoms with Crippen LogP contribution in [0.15, 0.2) is 29.7 Å². The van der Waals surface area contributed by atoms with E-state index in [4.69, 9.17) is 0 Å². The molecule has 0 fully saturated rings. The summed E-state index contributed by atoms with van der Waals surface area (Å²) in [5.74, 6) is 0. The Labute approximate surface area is 90.9 Å². The van der Waals surface area contributed by atoms with E-state index in [1.165, 1.54) is 10.5 Å². The first-order valence-corrected chi connectivity index (χ1v) is 6.03. The van der Waals surface area contributed by atoms with Gasteiger partial charge in [0.1, 0.15) is 0 Å². The van der Waals surface area contributed by atoms with E-state index >= 15 is 0 Å². The van der Waals surface area contributed by atoms with E-state index in [9.17, 15) is 0 Å². The van der Waals surface area contributed by atoms with Crippen molar-refractivity contribution in [1.29, 1.82) is 0 Å². The molecule has 0 bridgehead atoms. The third kappa shape index (κ3) is 3.64. The molecule has 0 aliphatic carbocycles. The molecule has 0 radical (unpaired) electrons. The smallest absolute Gasteiger partial charge is 0.0412 e. The Kier molecular flexibility index (Phi) is 4.91. The Morgan fingerprint density at radius 2 is 2.43 bits per heavy atom. The zero-order valence-corrected chi connectivity index (χ0v) is 9.86. The van der Waals surface area contributed by atoms with Gasteiger partial charge in [-0.05, 0) is 37.8 Å². The van der Waals surface area contributed by atoms with Gasteiger partial charge in [0.25, 0.3) is 0 Å². The second-order valence-corrected chi connectivity index (χ2v) is 4.62. The van der Waals surface area contributed by atoms with Crippen molar-refractivity contribution < 1.29 is 0 Å². The minimum atomic E-state index is 0.523. The van der Waals surface area contributed by atoms with Crippen LogP contribution in [0.2, 0.25) is 0 Å². The van der Waals surface area contributed by atoms with Gasteiger partial charge in [0.2, 0.25) is 0 Å². The van der Waals surface area contributed by atoms with Crippen molar-refractivity contribution in [3.63, 3.8) is 0 Å². The third-order valence-electron chi connectivity index (χ3n) is 2.24. The highest BCUT2D eigenvalue weighted by Crippen LogP contribution is 2.21. The molecule has 0 spiro atoms. The first-order valence-electron chi connectivity index (χ1n) is 5.15. The van der Waals surface area contributed by atoms with Crippen LogP contribution in [0.25, 0.3) is 0 Å². The van der Waals surface area contributed by atoms with Gasteiger partial charge in [-0.25, -0.2) is 0 Å². The predicted octanol–water partition coefficient (Wildman–Crippen LogP) is 3.76. The predicted molar refractivity (Wildman–Crippen MR) is 64.8 cm³/mol. The largest absolute Gasteiger partial charge is 0.309 e. The van der Waals surface area contributed by atoms with E-state index in [-0.39, 0.29) is 0 Å². The standard InChI is InChI=1S/C12H19NS/c1-4-11(12-6-5-9-14-12)13-8-7-10(2)3/h5-6,9,11,13H,2,4,7-8H2,1,3H3. The minimum absolute atomic E-state index is 0.523. The number of nitrogens with one attached hydrogen (secondary N) is 1. The Morgan fingerprint density at radius 1 is 1.64 bits per heavy atom. The first kappa shape index (κ1) is 11.5. The molecule has 0 amide bonds. The lowest BCUT2D eigenvalue weighted by atomic mass is 10.1. The van der Waals surface area contributed by atoms with Crippen molar-refractivity contribution in [3.05, 3.63) is 34.5 Å². The lowest BCUT2D eigenvalue weighted by Crippen LogP contribution is -2.21. The van der Waals surface area contributed by atoms with Crippen LogP contribution in [-0.4, -0.2) is 6.54 Å². The van der Waals surface area contributed by atoms with E-state index in [1.54, 1.807) is 0 Å². The number of hydrogen-bond donors (Lipinski definition) is 1. The van der Waals surface area contributed by atoms with Gasteiger partial charge in [-0.3, -0.25) is 0 Å². The van der Waals surface area contributed by atoms with Gasteiger partial charge >= 0.3 is 0 Å². The van der Waals surface area contributed by atoms with Gasteiger partial charge in [-0.1, -0.05) is 18.6 Å². The fraction of sp³-hybridized carbons (Fsp3) is 0.500. The molecule has 0 aliphatic heterocycles. The molecule has 1 aromatic rings. The molecule has 1 rings (SSSR count). The minimum Gasteiger partial charge on any atom is -0.309 e. The molecule has 0 saturated heterocycles. The zero-order chi connectivity index (χ0) is 10.4. The van der Waals surface area contributed by atoms with Crippen LogP contribution in [0.5, 0.6) is 0 Å². The highest BCUT2D eigenvalue weighted by Gasteiger charge is 2.08. The lowest BCUT2D eigenvalue weighted by Gasteiger charge is -2.15. The quantitative estimate of drug-likeness (QED) is 0.703. The molecule has 1 heterocycles. The van der Waals surface area contributed by atoms with E-state index in [2.05, 4.69) is 43.3 Å². The van der Waals surface area contributed by atoms with E-state index < -0.39 is 0 Å². The maximum absolute atomic E-state index is 3.90. The SMILES string of the molecule is C=C(C)CCNC(CC)c1cccs1.